The Labute approximate surface area is 86.8 Å². The van der Waals surface area contributed by atoms with Crippen LogP contribution in [0.25, 0.3) is 11.3 Å². The molecule has 0 bridgehead atoms. The number of aromatic nitrogens is 3. The fourth-order valence-electron chi connectivity index (χ4n) is 1.21. The molecular weight excluding hydrogens is 194 g/mol. The van der Waals surface area contributed by atoms with Gasteiger partial charge in [0.25, 0.3) is 0 Å². The number of nitrogens with zero attached hydrogens (tertiary/aromatic N) is 2. The molecule has 14 heavy (non-hydrogen) atoms. The second kappa shape index (κ2) is 3.67. The zero-order valence-electron chi connectivity index (χ0n) is 7.69. The maximum Gasteiger partial charge on any atom is 0.119 e. The van der Waals surface area contributed by atoms with E-state index < -0.39 is 0 Å². The largest absolute Gasteiger partial charge is 0.267 e. The van der Waals surface area contributed by atoms with Crippen LogP contribution in [0.3, 0.4) is 0 Å². The summed E-state index contributed by atoms with van der Waals surface area (Å²) >= 11 is 4.92. The highest BCUT2D eigenvalue weighted by Gasteiger charge is 1.98. The third-order valence-electron chi connectivity index (χ3n) is 1.87. The zero-order valence-corrected chi connectivity index (χ0v) is 8.51. The van der Waals surface area contributed by atoms with Crippen LogP contribution in [0.4, 0.5) is 0 Å². The van der Waals surface area contributed by atoms with Crippen LogP contribution in [-0.4, -0.2) is 15.2 Å². The molecule has 0 unspecified atom stereocenters. The summed E-state index contributed by atoms with van der Waals surface area (Å²) in [5.41, 5.74) is 2.90. The minimum Gasteiger partial charge on any atom is -0.267 e. The molecule has 3 nitrogen and oxygen atoms in total. The topological polar surface area (TPSA) is 41.6 Å². The Hall–Kier alpha value is -1.55. The highest BCUT2D eigenvalue weighted by Crippen LogP contribution is 2.15. The Balaban J connectivity index is 2.49. The maximum absolute atomic E-state index is 4.92. The Morgan fingerprint density at radius 1 is 1.29 bits per heavy atom. The molecule has 2 aromatic rings. The molecule has 0 aliphatic rings. The van der Waals surface area contributed by atoms with Gasteiger partial charge in [-0.2, -0.15) is 5.10 Å². The van der Waals surface area contributed by atoms with Gasteiger partial charge in [0.05, 0.1) is 5.69 Å². The van der Waals surface area contributed by atoms with Gasteiger partial charge in [0.2, 0.25) is 0 Å². The molecule has 0 aliphatic carbocycles. The Bertz CT molecular complexity index is 484. The predicted octanol–water partition coefficient (Wildman–Crippen LogP) is 2.51. The standard InChI is InChI=1S/C10H9N3S/c1-7-6-8(4-5-11-7)9-2-3-10(14)13-12-9/h2-6H,1H3,(H,13,14). The van der Waals surface area contributed by atoms with Gasteiger partial charge in [-0.3, -0.25) is 10.1 Å². The van der Waals surface area contributed by atoms with Crippen LogP contribution in [0, 0.1) is 11.6 Å². The second-order valence-electron chi connectivity index (χ2n) is 2.99. The summed E-state index contributed by atoms with van der Waals surface area (Å²) in [5, 5.41) is 6.89. The van der Waals surface area contributed by atoms with Crippen LogP contribution in [0.15, 0.2) is 30.5 Å². The first kappa shape index (κ1) is 9.02. The minimum absolute atomic E-state index is 0.638. The molecule has 0 aromatic carbocycles. The summed E-state index contributed by atoms with van der Waals surface area (Å²) in [6.07, 6.45) is 1.77. The second-order valence-corrected chi connectivity index (χ2v) is 3.43. The third kappa shape index (κ3) is 1.85. The molecule has 0 spiro atoms. The van der Waals surface area contributed by atoms with E-state index in [4.69, 9.17) is 12.2 Å². The first-order valence-corrected chi connectivity index (χ1v) is 4.65. The van der Waals surface area contributed by atoms with Crippen molar-refractivity contribution >= 4 is 12.2 Å². The van der Waals surface area contributed by atoms with Crippen molar-refractivity contribution in [1.82, 2.24) is 15.2 Å². The van der Waals surface area contributed by atoms with Crippen molar-refractivity contribution in [3.05, 3.63) is 40.8 Å². The number of aromatic amines is 1. The van der Waals surface area contributed by atoms with E-state index in [0.29, 0.717) is 4.64 Å². The van der Waals surface area contributed by atoms with Crippen LogP contribution in [0.2, 0.25) is 0 Å². The Morgan fingerprint density at radius 2 is 2.14 bits per heavy atom. The van der Waals surface area contributed by atoms with Gasteiger partial charge in [0.1, 0.15) is 4.64 Å². The van der Waals surface area contributed by atoms with E-state index in [1.807, 2.05) is 31.2 Å². The lowest BCUT2D eigenvalue weighted by Crippen LogP contribution is -1.88. The summed E-state index contributed by atoms with van der Waals surface area (Å²) in [7, 11) is 0. The van der Waals surface area contributed by atoms with Crippen LogP contribution in [-0.2, 0) is 0 Å². The molecule has 0 radical (unpaired) electrons. The van der Waals surface area contributed by atoms with Crippen molar-refractivity contribution in [2.45, 2.75) is 6.92 Å². The molecule has 70 valence electrons. The van der Waals surface area contributed by atoms with E-state index >= 15 is 0 Å². The molecule has 4 heteroatoms. The van der Waals surface area contributed by atoms with E-state index in [0.717, 1.165) is 17.0 Å². The number of rotatable bonds is 1. The molecule has 0 saturated heterocycles. The molecule has 0 aliphatic heterocycles. The van der Waals surface area contributed by atoms with Gasteiger partial charge in [0, 0.05) is 17.5 Å². The number of pyridine rings is 1. The fourth-order valence-corrected chi connectivity index (χ4v) is 1.32. The van der Waals surface area contributed by atoms with Gasteiger partial charge in [-0.15, -0.1) is 0 Å². The first-order valence-electron chi connectivity index (χ1n) is 4.24. The molecule has 2 heterocycles. The van der Waals surface area contributed by atoms with Crippen molar-refractivity contribution in [3.63, 3.8) is 0 Å². The van der Waals surface area contributed by atoms with Crippen LogP contribution in [0.1, 0.15) is 5.69 Å². The lowest BCUT2D eigenvalue weighted by Gasteiger charge is -1.99. The minimum atomic E-state index is 0.638. The number of nitrogens with one attached hydrogen (secondary N) is 1. The van der Waals surface area contributed by atoms with Crippen LogP contribution in [0.5, 0.6) is 0 Å². The summed E-state index contributed by atoms with van der Waals surface area (Å²) in [5.74, 6) is 0. The van der Waals surface area contributed by atoms with E-state index in [-0.39, 0.29) is 0 Å². The quantitative estimate of drug-likeness (QED) is 0.724. The van der Waals surface area contributed by atoms with Gasteiger partial charge in [-0.05, 0) is 31.2 Å². The maximum atomic E-state index is 4.92. The van der Waals surface area contributed by atoms with Gasteiger partial charge in [-0.25, -0.2) is 0 Å². The SMILES string of the molecule is Cc1cc(-c2ccc(=S)[nH]n2)ccn1. The molecule has 1 N–H and O–H groups in total. The van der Waals surface area contributed by atoms with E-state index in [2.05, 4.69) is 15.2 Å². The van der Waals surface area contributed by atoms with Gasteiger partial charge in [-0.1, -0.05) is 12.2 Å². The molecule has 2 aromatic heterocycles. The average molecular weight is 203 g/mol. The van der Waals surface area contributed by atoms with Gasteiger partial charge >= 0.3 is 0 Å². The lowest BCUT2D eigenvalue weighted by molar-refractivity contribution is 1.02. The third-order valence-corrected chi connectivity index (χ3v) is 2.10. The monoisotopic (exact) mass is 203 g/mol. The number of H-pyrrole nitrogens is 1. The lowest BCUT2D eigenvalue weighted by atomic mass is 10.2. The van der Waals surface area contributed by atoms with Gasteiger partial charge < -0.3 is 0 Å². The molecule has 0 amide bonds. The number of hydrogen-bond donors (Lipinski definition) is 1. The first-order chi connectivity index (χ1) is 6.75. The average Bonchev–Trinajstić information content (AvgIpc) is 2.19. The summed E-state index contributed by atoms with van der Waals surface area (Å²) < 4.78 is 0.638. The van der Waals surface area contributed by atoms with Crippen molar-refractivity contribution < 1.29 is 0 Å². The van der Waals surface area contributed by atoms with Gasteiger partial charge in [0.15, 0.2) is 0 Å². The highest BCUT2D eigenvalue weighted by molar-refractivity contribution is 7.71. The molecule has 0 saturated carbocycles. The molecule has 0 fully saturated rings. The zero-order chi connectivity index (χ0) is 9.97. The number of aryl methyl sites for hydroxylation is 1. The molecule has 0 atom stereocenters. The Morgan fingerprint density at radius 3 is 2.79 bits per heavy atom. The smallest absolute Gasteiger partial charge is 0.119 e. The summed E-state index contributed by atoms with van der Waals surface area (Å²) in [4.78, 5) is 4.12. The van der Waals surface area contributed by atoms with Crippen molar-refractivity contribution in [3.8, 4) is 11.3 Å². The Kier molecular flexibility index (Phi) is 2.37. The van der Waals surface area contributed by atoms with E-state index in [1.54, 1.807) is 6.20 Å². The van der Waals surface area contributed by atoms with Crippen LogP contribution >= 0.6 is 12.2 Å². The van der Waals surface area contributed by atoms with Crippen LogP contribution < -0.4 is 0 Å². The molecular formula is C10H9N3S. The highest BCUT2D eigenvalue weighted by atomic mass is 32.1. The normalized spacial score (nSPS) is 10.1. The van der Waals surface area contributed by atoms with Crippen molar-refractivity contribution in [1.29, 1.82) is 0 Å². The van der Waals surface area contributed by atoms with E-state index in [1.165, 1.54) is 0 Å². The summed E-state index contributed by atoms with van der Waals surface area (Å²) in [6.45, 7) is 1.95. The number of hydrogen-bond acceptors (Lipinski definition) is 3. The van der Waals surface area contributed by atoms with Crippen molar-refractivity contribution in [2.24, 2.45) is 0 Å². The molecule has 2 rings (SSSR count). The predicted molar refractivity (Wildman–Crippen MR) is 57.4 cm³/mol. The van der Waals surface area contributed by atoms with Crippen molar-refractivity contribution in [2.75, 3.05) is 0 Å². The summed E-state index contributed by atoms with van der Waals surface area (Å²) in [6, 6.07) is 7.63. The van der Waals surface area contributed by atoms with E-state index in [9.17, 15) is 0 Å². The fraction of sp³-hybridized carbons (Fsp3) is 0.100.